The molecule has 0 spiro atoms. The minimum Gasteiger partial charge on any atom is -0.339 e. The van der Waals surface area contributed by atoms with E-state index >= 15 is 0 Å². The number of nitrogens with zero attached hydrogens (tertiary/aromatic N) is 4. The van der Waals surface area contributed by atoms with E-state index in [1.165, 1.54) is 0 Å². The summed E-state index contributed by atoms with van der Waals surface area (Å²) in [6.45, 7) is 1.28. The van der Waals surface area contributed by atoms with E-state index in [1.807, 2.05) is 0 Å². The maximum absolute atomic E-state index is 12.5. The molecule has 3 rings (SSSR count). The van der Waals surface area contributed by atoms with Crippen LogP contribution in [0.5, 0.6) is 0 Å². The van der Waals surface area contributed by atoms with Gasteiger partial charge in [-0.25, -0.2) is 14.4 Å². The highest BCUT2D eigenvalue weighted by atomic mass is 35.5. The van der Waals surface area contributed by atoms with Crippen LogP contribution in [0.3, 0.4) is 0 Å². The van der Waals surface area contributed by atoms with Crippen molar-refractivity contribution in [2.45, 2.75) is 13.6 Å². The molecule has 0 aliphatic carbocycles. The summed E-state index contributed by atoms with van der Waals surface area (Å²) in [6, 6.07) is 6.96. The van der Waals surface area contributed by atoms with Crippen LogP contribution in [-0.4, -0.2) is 19.5 Å². The predicted molar refractivity (Wildman–Crippen MR) is 88.4 cm³/mol. The van der Waals surface area contributed by atoms with E-state index in [2.05, 4.69) is 20.3 Å². The molecular weight excluding hydrogens is 340 g/mol. The maximum atomic E-state index is 12.5. The van der Waals surface area contributed by atoms with Crippen molar-refractivity contribution < 1.29 is 4.39 Å². The van der Waals surface area contributed by atoms with Crippen LogP contribution < -0.4 is 5.32 Å². The molecule has 3 aromatic rings. The Hall–Kier alpha value is -2.18. The first-order chi connectivity index (χ1) is 11.1. The van der Waals surface area contributed by atoms with Crippen molar-refractivity contribution >= 4 is 34.7 Å². The van der Waals surface area contributed by atoms with Crippen LogP contribution in [0.1, 0.15) is 11.4 Å². The maximum Gasteiger partial charge on any atom is 0.166 e. The lowest BCUT2D eigenvalue weighted by atomic mass is 10.2. The van der Waals surface area contributed by atoms with Crippen LogP contribution in [0.15, 0.2) is 36.7 Å². The molecule has 0 unspecified atom stereocenters. The van der Waals surface area contributed by atoms with E-state index < -0.39 is 6.67 Å². The smallest absolute Gasteiger partial charge is 0.166 e. The van der Waals surface area contributed by atoms with Crippen molar-refractivity contribution in [3.05, 3.63) is 58.4 Å². The van der Waals surface area contributed by atoms with Crippen molar-refractivity contribution in [1.82, 2.24) is 19.5 Å². The lowest BCUT2D eigenvalue weighted by molar-refractivity contribution is 0.485. The van der Waals surface area contributed by atoms with Gasteiger partial charge >= 0.3 is 0 Å². The Morgan fingerprint density at radius 2 is 1.87 bits per heavy atom. The number of anilines is 2. The second-order valence-corrected chi connectivity index (χ2v) is 5.51. The van der Waals surface area contributed by atoms with Gasteiger partial charge in [0.05, 0.1) is 12.4 Å². The summed E-state index contributed by atoms with van der Waals surface area (Å²) in [4.78, 5) is 12.7. The molecule has 5 nitrogen and oxygen atoms in total. The summed E-state index contributed by atoms with van der Waals surface area (Å²) in [5.74, 6) is 1.63. The summed E-state index contributed by atoms with van der Waals surface area (Å²) < 4.78 is 14.1. The predicted octanol–water partition coefficient (Wildman–Crippen LogP) is 4.49. The molecule has 0 bridgehead atoms. The van der Waals surface area contributed by atoms with E-state index in [1.54, 1.807) is 48.1 Å². The largest absolute Gasteiger partial charge is 0.339 e. The molecule has 118 valence electrons. The molecule has 0 fully saturated rings. The summed E-state index contributed by atoms with van der Waals surface area (Å²) in [7, 11) is 0. The van der Waals surface area contributed by atoms with Crippen LogP contribution in [0.2, 0.25) is 10.3 Å². The van der Waals surface area contributed by atoms with Crippen molar-refractivity contribution in [3.8, 4) is 5.82 Å². The van der Waals surface area contributed by atoms with Gasteiger partial charge < -0.3 is 5.32 Å². The lowest BCUT2D eigenvalue weighted by Crippen LogP contribution is -2.03. The highest BCUT2D eigenvalue weighted by Crippen LogP contribution is 2.26. The van der Waals surface area contributed by atoms with E-state index in [-0.39, 0.29) is 10.3 Å². The molecular formula is C15H12Cl2FN5. The number of aryl methyl sites for hydroxylation is 1. The van der Waals surface area contributed by atoms with Crippen LogP contribution in [0.4, 0.5) is 15.9 Å². The van der Waals surface area contributed by atoms with E-state index in [0.717, 1.165) is 5.69 Å². The molecule has 1 N–H and O–H groups in total. The highest BCUT2D eigenvalue weighted by molar-refractivity contribution is 6.40. The Bertz CT molecular complexity index is 832. The topological polar surface area (TPSA) is 55.6 Å². The molecule has 8 heteroatoms. The molecule has 0 saturated carbocycles. The summed E-state index contributed by atoms with van der Waals surface area (Å²) in [6.07, 6.45) is 3.14. The number of alkyl halides is 1. The fraction of sp³-hybridized carbons (Fsp3) is 0.133. The van der Waals surface area contributed by atoms with Gasteiger partial charge in [-0.2, -0.15) is 0 Å². The molecule has 2 aromatic heterocycles. The fourth-order valence-electron chi connectivity index (χ4n) is 2.09. The Morgan fingerprint density at radius 3 is 2.48 bits per heavy atom. The standard InChI is InChI=1S/C15H12Cl2FN5/c1-9-20-14(16)15(17)23(9)13-8-19-7-12(22-13)21-11-4-2-10(6-18)3-5-11/h2-5,7-8H,6H2,1H3,(H,21,22). The van der Waals surface area contributed by atoms with Crippen LogP contribution in [-0.2, 0) is 6.67 Å². The third-order valence-corrected chi connectivity index (χ3v) is 3.89. The van der Waals surface area contributed by atoms with Gasteiger partial charge in [-0.3, -0.25) is 9.55 Å². The first-order valence-electron chi connectivity index (χ1n) is 6.73. The quantitative estimate of drug-likeness (QED) is 0.752. The number of hydrogen-bond acceptors (Lipinski definition) is 4. The number of aromatic nitrogens is 4. The Balaban J connectivity index is 1.90. The molecule has 0 aliphatic rings. The van der Waals surface area contributed by atoms with Crippen LogP contribution in [0, 0.1) is 6.92 Å². The summed E-state index contributed by atoms with van der Waals surface area (Å²) >= 11 is 12.1. The summed E-state index contributed by atoms with van der Waals surface area (Å²) in [5, 5.41) is 3.60. The molecule has 0 saturated heterocycles. The first kappa shape index (κ1) is 15.7. The van der Waals surface area contributed by atoms with E-state index in [0.29, 0.717) is 23.0 Å². The zero-order valence-electron chi connectivity index (χ0n) is 12.1. The number of imidazole rings is 1. The molecule has 0 atom stereocenters. The zero-order valence-corrected chi connectivity index (χ0v) is 13.6. The van der Waals surface area contributed by atoms with Gasteiger partial charge in [0.1, 0.15) is 12.5 Å². The van der Waals surface area contributed by atoms with Gasteiger partial charge in [0, 0.05) is 5.69 Å². The van der Waals surface area contributed by atoms with Gasteiger partial charge in [0.15, 0.2) is 21.9 Å². The van der Waals surface area contributed by atoms with Crippen molar-refractivity contribution in [2.24, 2.45) is 0 Å². The number of halogens is 3. The normalized spacial score (nSPS) is 10.8. The second-order valence-electron chi connectivity index (χ2n) is 4.79. The minimum atomic E-state index is -0.491. The van der Waals surface area contributed by atoms with Crippen LogP contribution in [0.25, 0.3) is 5.82 Å². The average molecular weight is 352 g/mol. The number of nitrogens with one attached hydrogen (secondary N) is 1. The van der Waals surface area contributed by atoms with E-state index in [9.17, 15) is 4.39 Å². The van der Waals surface area contributed by atoms with Crippen LogP contribution >= 0.6 is 23.2 Å². The van der Waals surface area contributed by atoms with Gasteiger partial charge in [-0.1, -0.05) is 35.3 Å². The Morgan fingerprint density at radius 1 is 1.13 bits per heavy atom. The minimum absolute atomic E-state index is 0.214. The molecule has 1 aromatic carbocycles. The third kappa shape index (κ3) is 3.28. The third-order valence-electron chi connectivity index (χ3n) is 3.18. The second kappa shape index (κ2) is 6.52. The SMILES string of the molecule is Cc1nc(Cl)c(Cl)n1-c1cncc(Nc2ccc(CF)cc2)n1. The Labute approximate surface area is 142 Å². The number of benzene rings is 1. The average Bonchev–Trinajstić information content (AvgIpc) is 2.81. The van der Waals surface area contributed by atoms with Gasteiger partial charge in [-0.05, 0) is 24.6 Å². The Kier molecular flexibility index (Phi) is 4.45. The van der Waals surface area contributed by atoms with Gasteiger partial charge in [0.2, 0.25) is 0 Å². The number of rotatable bonds is 4. The molecule has 2 heterocycles. The van der Waals surface area contributed by atoms with Gasteiger partial charge in [-0.15, -0.1) is 0 Å². The molecule has 0 amide bonds. The summed E-state index contributed by atoms with van der Waals surface area (Å²) in [5.41, 5.74) is 1.39. The first-order valence-corrected chi connectivity index (χ1v) is 7.49. The molecule has 0 radical (unpaired) electrons. The van der Waals surface area contributed by atoms with Gasteiger partial charge in [0.25, 0.3) is 0 Å². The zero-order chi connectivity index (χ0) is 16.4. The van der Waals surface area contributed by atoms with Crippen molar-refractivity contribution in [2.75, 3.05) is 5.32 Å². The van der Waals surface area contributed by atoms with Crippen molar-refractivity contribution in [3.63, 3.8) is 0 Å². The lowest BCUT2D eigenvalue weighted by Gasteiger charge is -2.09. The molecule has 0 aliphatic heterocycles. The van der Waals surface area contributed by atoms with E-state index in [4.69, 9.17) is 23.2 Å². The monoisotopic (exact) mass is 351 g/mol. The fourth-order valence-corrected chi connectivity index (χ4v) is 2.55. The molecule has 23 heavy (non-hydrogen) atoms. The number of hydrogen-bond donors (Lipinski definition) is 1. The highest BCUT2D eigenvalue weighted by Gasteiger charge is 2.14. The van der Waals surface area contributed by atoms with Crippen molar-refractivity contribution in [1.29, 1.82) is 0 Å².